The summed E-state index contributed by atoms with van der Waals surface area (Å²) >= 11 is 0. The molecule has 6 heteroatoms. The highest BCUT2D eigenvalue weighted by Crippen LogP contribution is 2.24. The first-order chi connectivity index (χ1) is 15.0. The van der Waals surface area contributed by atoms with Gasteiger partial charge >= 0.3 is 0 Å². The third-order valence-corrected chi connectivity index (χ3v) is 4.57. The topological polar surface area (TPSA) is 35.0 Å². The van der Waals surface area contributed by atoms with Crippen LogP contribution >= 0.6 is 0 Å². The van der Waals surface area contributed by atoms with E-state index in [4.69, 9.17) is 4.74 Å². The summed E-state index contributed by atoms with van der Waals surface area (Å²) in [5, 5.41) is 0.266. The van der Waals surface area contributed by atoms with Gasteiger partial charge < -0.3 is 4.74 Å². The van der Waals surface area contributed by atoms with Gasteiger partial charge in [0.15, 0.2) is 29.0 Å². The van der Waals surface area contributed by atoms with Gasteiger partial charge in [0.05, 0.1) is 19.0 Å². The minimum Gasteiger partial charge on any atom is -0.490 e. The van der Waals surface area contributed by atoms with Crippen LogP contribution in [0.3, 0.4) is 0 Å². The van der Waals surface area contributed by atoms with Gasteiger partial charge in [-0.05, 0) is 54.3 Å². The monoisotopic (exact) mass is 418 g/mol. The molecule has 0 unspecified atom stereocenters. The van der Waals surface area contributed by atoms with Crippen LogP contribution in [0.15, 0.2) is 60.9 Å². The van der Waals surface area contributed by atoms with Gasteiger partial charge in [-0.2, -0.15) is 0 Å². The van der Waals surface area contributed by atoms with Crippen LogP contribution in [-0.2, 0) is 0 Å². The zero-order valence-corrected chi connectivity index (χ0v) is 16.6. The molecule has 154 valence electrons. The smallest absolute Gasteiger partial charge is 0.195 e. The predicted molar refractivity (Wildman–Crippen MR) is 113 cm³/mol. The zero-order valence-electron chi connectivity index (χ0n) is 16.6. The molecule has 0 saturated heterocycles. The summed E-state index contributed by atoms with van der Waals surface area (Å²) in [4.78, 5) is 8.63. The summed E-state index contributed by atoms with van der Waals surface area (Å²) in [5.41, 5.74) is 2.16. The highest BCUT2D eigenvalue weighted by atomic mass is 19.2. The lowest BCUT2D eigenvalue weighted by molar-refractivity contribution is 0.315. The van der Waals surface area contributed by atoms with Crippen LogP contribution in [0.1, 0.15) is 24.5 Å². The maximum atomic E-state index is 13.8. The number of benzene rings is 3. The lowest BCUT2D eigenvalue weighted by Crippen LogP contribution is -1.97. The van der Waals surface area contributed by atoms with E-state index in [2.05, 4.69) is 21.8 Å². The molecule has 0 atom stereocenters. The van der Waals surface area contributed by atoms with E-state index >= 15 is 0 Å². The summed E-state index contributed by atoms with van der Waals surface area (Å²) in [5.74, 6) is 3.27. The molecule has 1 heterocycles. The fraction of sp³-hybridized carbons (Fsp3) is 0.120. The third kappa shape index (κ3) is 4.51. The van der Waals surface area contributed by atoms with Gasteiger partial charge in [-0.1, -0.05) is 24.8 Å². The van der Waals surface area contributed by atoms with Gasteiger partial charge in [-0.15, -0.1) is 0 Å². The molecule has 0 aliphatic heterocycles. The van der Waals surface area contributed by atoms with Crippen LogP contribution in [0.5, 0.6) is 5.75 Å². The average Bonchev–Trinajstić information content (AvgIpc) is 2.80. The number of aromatic nitrogens is 2. The summed E-state index contributed by atoms with van der Waals surface area (Å²) in [6, 6.07) is 12.8. The second-order valence-electron chi connectivity index (χ2n) is 6.84. The van der Waals surface area contributed by atoms with Gasteiger partial charge in [0.25, 0.3) is 0 Å². The fourth-order valence-corrected chi connectivity index (χ4v) is 2.99. The molecule has 0 fully saturated rings. The summed E-state index contributed by atoms with van der Waals surface area (Å²) < 4.78 is 46.1. The molecule has 31 heavy (non-hydrogen) atoms. The Bertz CT molecular complexity index is 1290. The molecule has 3 aromatic carbocycles. The molecule has 1 aromatic heterocycles. The third-order valence-electron chi connectivity index (χ3n) is 4.57. The normalized spacial score (nSPS) is 10.6. The van der Waals surface area contributed by atoms with Crippen molar-refractivity contribution in [1.29, 1.82) is 0 Å². The molecular formula is C25H17F3N2O. The van der Waals surface area contributed by atoms with E-state index in [0.717, 1.165) is 23.6 Å². The summed E-state index contributed by atoms with van der Waals surface area (Å²) in [6.45, 7) is 2.65. The van der Waals surface area contributed by atoms with E-state index in [1.54, 1.807) is 18.5 Å². The van der Waals surface area contributed by atoms with Gasteiger partial charge in [-0.3, -0.25) is 0 Å². The zero-order chi connectivity index (χ0) is 21.8. The maximum Gasteiger partial charge on any atom is 0.195 e. The molecule has 0 spiro atoms. The van der Waals surface area contributed by atoms with Crippen LogP contribution < -0.4 is 4.74 Å². The van der Waals surface area contributed by atoms with Crippen LogP contribution in [0.4, 0.5) is 13.2 Å². The van der Waals surface area contributed by atoms with Crippen molar-refractivity contribution in [3.8, 4) is 29.0 Å². The van der Waals surface area contributed by atoms with Crippen LogP contribution in [0.2, 0.25) is 0 Å². The Morgan fingerprint density at radius 1 is 0.839 bits per heavy atom. The Morgan fingerprint density at radius 2 is 1.52 bits per heavy atom. The summed E-state index contributed by atoms with van der Waals surface area (Å²) in [6.07, 6.45) is 4.20. The van der Waals surface area contributed by atoms with Crippen molar-refractivity contribution in [2.45, 2.75) is 13.3 Å². The van der Waals surface area contributed by atoms with Gasteiger partial charge in [0.1, 0.15) is 0 Å². The highest BCUT2D eigenvalue weighted by Gasteiger charge is 2.13. The highest BCUT2D eigenvalue weighted by molar-refractivity contribution is 5.84. The predicted octanol–water partition coefficient (Wildman–Crippen LogP) is 5.90. The first-order valence-corrected chi connectivity index (χ1v) is 9.69. The summed E-state index contributed by atoms with van der Waals surface area (Å²) in [7, 11) is 0. The van der Waals surface area contributed by atoms with Crippen LogP contribution in [0, 0.1) is 29.3 Å². The van der Waals surface area contributed by atoms with Crippen molar-refractivity contribution < 1.29 is 17.9 Å². The van der Waals surface area contributed by atoms with Crippen molar-refractivity contribution in [3.63, 3.8) is 0 Å². The van der Waals surface area contributed by atoms with E-state index in [9.17, 15) is 13.2 Å². The molecule has 0 aliphatic rings. The Kier molecular flexibility index (Phi) is 5.85. The van der Waals surface area contributed by atoms with Crippen LogP contribution in [-0.4, -0.2) is 16.6 Å². The molecule has 0 amide bonds. The Labute approximate surface area is 177 Å². The molecule has 4 rings (SSSR count). The molecule has 4 aromatic rings. The number of nitrogens with zero attached hydrogens (tertiary/aromatic N) is 2. The van der Waals surface area contributed by atoms with Crippen molar-refractivity contribution in [2.75, 3.05) is 6.61 Å². The molecule has 3 nitrogen and oxygen atoms in total. The van der Waals surface area contributed by atoms with Crippen molar-refractivity contribution in [3.05, 3.63) is 89.5 Å². The molecule has 0 aliphatic carbocycles. The Hall–Kier alpha value is -3.85. The SMILES string of the molecule is CCCOc1cnc(-c2ccc(C#Cc3ccc4c(F)c(F)c(F)cc4c3)cc2)nc1. The standard InChI is InChI=1S/C25H17F3N2O/c1-2-11-31-20-14-29-25(30-15-20)18-8-5-16(6-9-18)3-4-17-7-10-21-19(12-17)13-22(26)24(28)23(21)27/h5-10,12-15H,2,11H2,1H3. The van der Waals surface area contributed by atoms with Crippen molar-refractivity contribution >= 4 is 10.8 Å². The average molecular weight is 418 g/mol. The number of hydrogen-bond acceptors (Lipinski definition) is 3. The quantitative estimate of drug-likeness (QED) is 0.306. The molecule has 0 saturated carbocycles. The van der Waals surface area contributed by atoms with E-state index in [-0.39, 0.29) is 10.8 Å². The second kappa shape index (κ2) is 8.88. The van der Waals surface area contributed by atoms with E-state index in [1.807, 2.05) is 31.2 Å². The lowest BCUT2D eigenvalue weighted by Gasteiger charge is -2.04. The van der Waals surface area contributed by atoms with Crippen molar-refractivity contribution in [2.24, 2.45) is 0 Å². The lowest BCUT2D eigenvalue weighted by atomic mass is 10.1. The number of halogens is 3. The first kappa shape index (κ1) is 20.4. The van der Waals surface area contributed by atoms with E-state index in [0.29, 0.717) is 23.7 Å². The van der Waals surface area contributed by atoms with Gasteiger partial charge in [0.2, 0.25) is 0 Å². The van der Waals surface area contributed by atoms with E-state index < -0.39 is 17.5 Å². The van der Waals surface area contributed by atoms with Gasteiger partial charge in [0, 0.05) is 22.1 Å². The minimum atomic E-state index is -1.47. The molecule has 0 radical (unpaired) electrons. The largest absolute Gasteiger partial charge is 0.490 e. The molecular weight excluding hydrogens is 401 g/mol. The molecule has 0 N–H and O–H groups in total. The van der Waals surface area contributed by atoms with E-state index in [1.165, 1.54) is 12.1 Å². The van der Waals surface area contributed by atoms with Gasteiger partial charge in [-0.25, -0.2) is 23.1 Å². The minimum absolute atomic E-state index is 0.0138. The number of ether oxygens (including phenoxy) is 1. The molecule has 0 bridgehead atoms. The second-order valence-corrected chi connectivity index (χ2v) is 6.84. The Morgan fingerprint density at radius 3 is 2.23 bits per heavy atom. The number of fused-ring (bicyclic) bond motifs is 1. The fourth-order valence-electron chi connectivity index (χ4n) is 2.99. The number of hydrogen-bond donors (Lipinski definition) is 0. The maximum absolute atomic E-state index is 13.8. The first-order valence-electron chi connectivity index (χ1n) is 9.69. The Balaban J connectivity index is 1.53. The van der Waals surface area contributed by atoms with Crippen molar-refractivity contribution in [1.82, 2.24) is 9.97 Å². The van der Waals surface area contributed by atoms with Crippen LogP contribution in [0.25, 0.3) is 22.2 Å². The number of rotatable bonds is 4.